The van der Waals surface area contributed by atoms with E-state index >= 15 is 0 Å². The lowest BCUT2D eigenvalue weighted by molar-refractivity contribution is -0.0532. The number of nitrogen functional groups attached to an aromatic ring is 1. The van der Waals surface area contributed by atoms with Crippen LogP contribution in [-0.2, 0) is 0 Å². The Labute approximate surface area is 88.7 Å². The second-order valence-corrected chi connectivity index (χ2v) is 4.57. The van der Waals surface area contributed by atoms with E-state index in [4.69, 9.17) is 5.73 Å². The second-order valence-electron chi connectivity index (χ2n) is 4.57. The zero-order valence-corrected chi connectivity index (χ0v) is 8.50. The minimum Gasteiger partial charge on any atom is -0.396 e. The summed E-state index contributed by atoms with van der Waals surface area (Å²) in [6, 6.07) is 3.72. The third kappa shape index (κ3) is 1.28. The SMILES string of the molecule is Nc1cccnc1N1C[C@H]2C[C@@H](C1)C2O. The summed E-state index contributed by atoms with van der Waals surface area (Å²) in [5, 5.41) is 9.68. The quantitative estimate of drug-likeness (QED) is 0.700. The number of aliphatic hydroxyl groups excluding tert-OH is 1. The number of aliphatic hydroxyl groups is 1. The van der Waals surface area contributed by atoms with Crippen molar-refractivity contribution in [2.45, 2.75) is 12.5 Å². The van der Waals surface area contributed by atoms with Gasteiger partial charge in [-0.2, -0.15) is 0 Å². The standard InChI is InChI=1S/C11H15N3O/c12-9-2-1-3-13-11(9)14-5-7-4-8(6-14)10(7)15/h1-3,7-8,10,15H,4-6,12H2/t7-,8+,10?. The minimum absolute atomic E-state index is 0.0915. The molecule has 1 saturated carbocycles. The number of nitrogens with zero attached hydrogens (tertiary/aromatic N) is 2. The maximum absolute atomic E-state index is 9.68. The topological polar surface area (TPSA) is 62.4 Å². The van der Waals surface area contributed by atoms with E-state index in [-0.39, 0.29) is 6.10 Å². The van der Waals surface area contributed by atoms with Gasteiger partial charge in [0.05, 0.1) is 11.8 Å². The number of nitrogens with two attached hydrogens (primary N) is 1. The van der Waals surface area contributed by atoms with Gasteiger partial charge in [0, 0.05) is 31.1 Å². The summed E-state index contributed by atoms with van der Waals surface area (Å²) in [6.07, 6.45) is 2.83. The first-order valence-corrected chi connectivity index (χ1v) is 5.39. The molecule has 3 atom stereocenters. The van der Waals surface area contributed by atoms with Gasteiger partial charge in [-0.15, -0.1) is 0 Å². The molecule has 3 aliphatic rings. The van der Waals surface area contributed by atoms with Gasteiger partial charge < -0.3 is 15.7 Å². The molecule has 3 N–H and O–H groups in total. The van der Waals surface area contributed by atoms with Crippen molar-refractivity contribution in [2.75, 3.05) is 23.7 Å². The van der Waals surface area contributed by atoms with Gasteiger partial charge in [-0.05, 0) is 18.6 Å². The molecule has 1 aromatic heterocycles. The van der Waals surface area contributed by atoms with Crippen LogP contribution in [0.25, 0.3) is 0 Å². The van der Waals surface area contributed by atoms with Crippen LogP contribution in [0.4, 0.5) is 11.5 Å². The van der Waals surface area contributed by atoms with Crippen LogP contribution < -0.4 is 10.6 Å². The van der Waals surface area contributed by atoms with Gasteiger partial charge in [-0.1, -0.05) is 0 Å². The number of aromatic nitrogens is 1. The molecule has 80 valence electrons. The average molecular weight is 205 g/mol. The van der Waals surface area contributed by atoms with E-state index in [1.807, 2.05) is 12.1 Å². The molecule has 0 radical (unpaired) electrons. The molecular formula is C11H15N3O. The molecular weight excluding hydrogens is 190 g/mol. The van der Waals surface area contributed by atoms with Gasteiger partial charge >= 0.3 is 0 Å². The summed E-state index contributed by atoms with van der Waals surface area (Å²) in [5.74, 6) is 1.72. The monoisotopic (exact) mass is 205 g/mol. The highest BCUT2D eigenvalue weighted by Gasteiger charge is 2.46. The number of pyridine rings is 1. The van der Waals surface area contributed by atoms with Gasteiger partial charge in [-0.25, -0.2) is 4.98 Å². The molecule has 1 aliphatic carbocycles. The van der Waals surface area contributed by atoms with E-state index in [0.717, 1.165) is 31.0 Å². The minimum atomic E-state index is -0.0915. The Balaban J connectivity index is 1.83. The smallest absolute Gasteiger partial charge is 0.151 e. The third-order valence-corrected chi connectivity index (χ3v) is 3.60. The van der Waals surface area contributed by atoms with E-state index < -0.39 is 0 Å². The molecule has 3 heterocycles. The Morgan fingerprint density at radius 2 is 2.13 bits per heavy atom. The van der Waals surface area contributed by atoms with Crippen molar-refractivity contribution in [1.29, 1.82) is 0 Å². The van der Waals surface area contributed by atoms with Gasteiger partial charge in [0.25, 0.3) is 0 Å². The molecule has 2 saturated heterocycles. The van der Waals surface area contributed by atoms with Gasteiger partial charge in [0.1, 0.15) is 0 Å². The van der Waals surface area contributed by atoms with Crippen LogP contribution in [0.1, 0.15) is 6.42 Å². The molecule has 4 heteroatoms. The summed E-state index contributed by atoms with van der Waals surface area (Å²) in [4.78, 5) is 6.50. The van der Waals surface area contributed by atoms with Crippen LogP contribution in [0, 0.1) is 11.8 Å². The van der Waals surface area contributed by atoms with Gasteiger partial charge in [0.2, 0.25) is 0 Å². The molecule has 3 fully saturated rings. The zero-order valence-electron chi connectivity index (χ0n) is 8.50. The first-order chi connectivity index (χ1) is 7.25. The van der Waals surface area contributed by atoms with E-state index in [1.54, 1.807) is 6.20 Å². The molecule has 4 nitrogen and oxygen atoms in total. The van der Waals surface area contributed by atoms with E-state index in [2.05, 4.69) is 9.88 Å². The fourth-order valence-electron chi connectivity index (χ4n) is 2.71. The highest BCUT2D eigenvalue weighted by Crippen LogP contribution is 2.41. The Morgan fingerprint density at radius 3 is 2.73 bits per heavy atom. The molecule has 1 unspecified atom stereocenters. The summed E-state index contributed by atoms with van der Waals surface area (Å²) in [5.41, 5.74) is 6.61. The lowest BCUT2D eigenvalue weighted by Crippen LogP contribution is -2.58. The lowest BCUT2D eigenvalue weighted by Gasteiger charge is -2.51. The molecule has 2 bridgehead atoms. The number of fused-ring (bicyclic) bond motifs is 2. The fourth-order valence-corrected chi connectivity index (χ4v) is 2.71. The summed E-state index contributed by atoms with van der Waals surface area (Å²) >= 11 is 0. The first-order valence-electron chi connectivity index (χ1n) is 5.39. The largest absolute Gasteiger partial charge is 0.396 e. The second kappa shape index (κ2) is 3.10. The lowest BCUT2D eigenvalue weighted by atomic mass is 9.68. The maximum atomic E-state index is 9.68. The van der Waals surface area contributed by atoms with Gasteiger partial charge in [-0.3, -0.25) is 0 Å². The Bertz CT molecular complexity index is 370. The number of piperidine rings is 2. The number of rotatable bonds is 1. The third-order valence-electron chi connectivity index (χ3n) is 3.60. The van der Waals surface area contributed by atoms with Crippen LogP contribution >= 0.6 is 0 Å². The molecule has 15 heavy (non-hydrogen) atoms. The highest BCUT2D eigenvalue weighted by atomic mass is 16.3. The van der Waals surface area contributed by atoms with E-state index in [1.165, 1.54) is 0 Å². The molecule has 0 spiro atoms. The summed E-state index contributed by atoms with van der Waals surface area (Å²) < 4.78 is 0. The zero-order chi connectivity index (χ0) is 10.4. The maximum Gasteiger partial charge on any atom is 0.151 e. The van der Waals surface area contributed by atoms with E-state index in [0.29, 0.717) is 11.8 Å². The number of hydrogen-bond acceptors (Lipinski definition) is 4. The van der Waals surface area contributed by atoms with E-state index in [9.17, 15) is 5.11 Å². The van der Waals surface area contributed by atoms with Crippen LogP contribution in [-0.4, -0.2) is 29.3 Å². The van der Waals surface area contributed by atoms with Crippen molar-refractivity contribution in [3.05, 3.63) is 18.3 Å². The summed E-state index contributed by atoms with van der Waals surface area (Å²) in [7, 11) is 0. The molecule has 0 aromatic carbocycles. The predicted octanol–water partition coefficient (Wildman–Crippen LogP) is 0.481. The van der Waals surface area contributed by atoms with Crippen molar-refractivity contribution in [3.8, 4) is 0 Å². The average Bonchev–Trinajstić information content (AvgIpc) is 2.29. The Kier molecular flexibility index (Phi) is 1.85. The Hall–Kier alpha value is -1.29. The molecule has 2 aliphatic heterocycles. The summed E-state index contributed by atoms with van der Waals surface area (Å²) in [6.45, 7) is 1.78. The van der Waals surface area contributed by atoms with Crippen LogP contribution in [0.5, 0.6) is 0 Å². The van der Waals surface area contributed by atoms with Crippen molar-refractivity contribution in [2.24, 2.45) is 11.8 Å². The Morgan fingerprint density at radius 1 is 1.40 bits per heavy atom. The molecule has 0 amide bonds. The highest BCUT2D eigenvalue weighted by molar-refractivity contribution is 5.62. The predicted molar refractivity (Wildman–Crippen MR) is 58.5 cm³/mol. The number of hydrogen-bond donors (Lipinski definition) is 2. The fraction of sp³-hybridized carbons (Fsp3) is 0.545. The van der Waals surface area contributed by atoms with Crippen molar-refractivity contribution in [1.82, 2.24) is 4.98 Å². The van der Waals surface area contributed by atoms with Crippen LogP contribution in [0.3, 0.4) is 0 Å². The van der Waals surface area contributed by atoms with Crippen LogP contribution in [0.15, 0.2) is 18.3 Å². The normalized spacial score (nSPS) is 33.7. The van der Waals surface area contributed by atoms with Gasteiger partial charge in [0.15, 0.2) is 5.82 Å². The number of anilines is 2. The van der Waals surface area contributed by atoms with Crippen molar-refractivity contribution < 1.29 is 5.11 Å². The van der Waals surface area contributed by atoms with Crippen LogP contribution in [0.2, 0.25) is 0 Å². The van der Waals surface area contributed by atoms with Crippen molar-refractivity contribution in [3.63, 3.8) is 0 Å². The first kappa shape index (κ1) is 8.97. The van der Waals surface area contributed by atoms with Crippen molar-refractivity contribution >= 4 is 11.5 Å². The molecule has 1 aromatic rings. The molecule has 4 rings (SSSR count).